The Balaban J connectivity index is 1.74. The Bertz CT molecular complexity index is 1160. The standard InChI is InChI=1S/C32H48O8/c1-17(33)40-27(2,3)13-12-23(36)32(9,39)25-21(35)15-29(6)22-11-10-18-19(14-20(34)26(38)28(18,4)5)31(22,8)24(37)16-30(25,29)7/h10,12-13,19-22,25-26,34-35,38-39H,11,14-16H2,1-9H3/b13-12+/t19?,20?,21?,22-,25?,26?,29?,30+,31?,32?/m0/s1. The van der Waals surface area contributed by atoms with Gasteiger partial charge in [-0.1, -0.05) is 46.3 Å². The summed E-state index contributed by atoms with van der Waals surface area (Å²) in [4.78, 5) is 39.2. The van der Waals surface area contributed by atoms with Gasteiger partial charge in [0.05, 0.1) is 18.3 Å². The zero-order valence-electron chi connectivity index (χ0n) is 25.4. The highest BCUT2D eigenvalue weighted by molar-refractivity contribution is 5.97. The maximum Gasteiger partial charge on any atom is 0.303 e. The summed E-state index contributed by atoms with van der Waals surface area (Å²) >= 11 is 0. The highest BCUT2D eigenvalue weighted by Gasteiger charge is 2.74. The first-order valence-corrected chi connectivity index (χ1v) is 14.5. The minimum absolute atomic E-state index is 0.00125. The number of aliphatic hydroxyl groups excluding tert-OH is 3. The van der Waals surface area contributed by atoms with Crippen molar-refractivity contribution in [3.8, 4) is 0 Å². The Labute approximate surface area is 237 Å². The molecule has 3 saturated carbocycles. The molecule has 0 aliphatic heterocycles. The molecule has 40 heavy (non-hydrogen) atoms. The van der Waals surface area contributed by atoms with Crippen molar-refractivity contribution in [2.24, 2.45) is 39.4 Å². The third-order valence-electron chi connectivity index (χ3n) is 11.8. The molecule has 4 aliphatic carbocycles. The van der Waals surface area contributed by atoms with Crippen molar-refractivity contribution < 1.29 is 39.5 Å². The van der Waals surface area contributed by atoms with E-state index >= 15 is 0 Å². The average molecular weight is 561 g/mol. The van der Waals surface area contributed by atoms with Gasteiger partial charge < -0.3 is 25.2 Å². The molecular formula is C32H48O8. The molecule has 4 N–H and O–H groups in total. The molecule has 4 rings (SSSR count). The molecule has 0 saturated heterocycles. The van der Waals surface area contributed by atoms with Crippen molar-refractivity contribution in [3.63, 3.8) is 0 Å². The molecule has 0 aromatic rings. The van der Waals surface area contributed by atoms with Crippen LogP contribution in [0.25, 0.3) is 0 Å². The van der Waals surface area contributed by atoms with Crippen LogP contribution in [0.2, 0.25) is 0 Å². The fourth-order valence-corrected chi connectivity index (χ4v) is 9.55. The van der Waals surface area contributed by atoms with Gasteiger partial charge in [0.1, 0.15) is 17.0 Å². The molecule has 0 heterocycles. The van der Waals surface area contributed by atoms with Crippen LogP contribution in [-0.4, -0.2) is 67.5 Å². The number of Topliss-reactive ketones (excluding diaryl/α,β-unsaturated/α-hetero) is 1. The number of allylic oxidation sites excluding steroid dienone is 1. The number of fused-ring (bicyclic) bond motifs is 5. The number of rotatable bonds is 5. The Hall–Kier alpha value is -1.87. The zero-order valence-corrected chi connectivity index (χ0v) is 25.4. The Kier molecular flexibility index (Phi) is 7.24. The summed E-state index contributed by atoms with van der Waals surface area (Å²) in [6.45, 7) is 15.7. The van der Waals surface area contributed by atoms with E-state index in [1.165, 1.54) is 26.0 Å². The molecule has 0 bridgehead atoms. The van der Waals surface area contributed by atoms with Gasteiger partial charge in [-0.05, 0) is 74.9 Å². The summed E-state index contributed by atoms with van der Waals surface area (Å²) < 4.78 is 5.23. The first kappa shape index (κ1) is 31.1. The second-order valence-electron chi connectivity index (χ2n) is 15.0. The molecule has 4 aliphatic rings. The number of ketones is 2. The Morgan fingerprint density at radius 2 is 1.62 bits per heavy atom. The van der Waals surface area contributed by atoms with Crippen molar-refractivity contribution in [2.75, 3.05) is 0 Å². The zero-order chi connectivity index (χ0) is 30.4. The van der Waals surface area contributed by atoms with E-state index in [-0.39, 0.29) is 30.5 Å². The second kappa shape index (κ2) is 9.32. The van der Waals surface area contributed by atoms with E-state index < -0.39 is 68.8 Å². The molecule has 0 radical (unpaired) electrons. The van der Waals surface area contributed by atoms with E-state index in [2.05, 4.69) is 13.0 Å². The predicted molar refractivity (Wildman–Crippen MR) is 149 cm³/mol. The molecule has 8 heteroatoms. The Morgan fingerprint density at radius 1 is 1.02 bits per heavy atom. The maximum absolute atomic E-state index is 14.3. The monoisotopic (exact) mass is 560 g/mol. The van der Waals surface area contributed by atoms with Crippen LogP contribution in [0.15, 0.2) is 23.8 Å². The number of hydrogen-bond donors (Lipinski definition) is 4. The van der Waals surface area contributed by atoms with Crippen molar-refractivity contribution in [1.29, 1.82) is 0 Å². The quantitative estimate of drug-likeness (QED) is 0.228. The molecule has 224 valence electrons. The number of esters is 1. The smallest absolute Gasteiger partial charge is 0.303 e. The maximum atomic E-state index is 14.3. The van der Waals surface area contributed by atoms with E-state index in [4.69, 9.17) is 4.74 Å². The Morgan fingerprint density at radius 3 is 2.20 bits per heavy atom. The number of carbonyl (C=O) groups excluding carboxylic acids is 3. The lowest BCUT2D eigenvalue weighted by molar-refractivity contribution is -0.186. The van der Waals surface area contributed by atoms with Crippen LogP contribution in [0, 0.1) is 39.4 Å². The fraction of sp³-hybridized carbons (Fsp3) is 0.781. The normalized spacial score (nSPS) is 44.2. The molecule has 8 unspecified atom stereocenters. The van der Waals surface area contributed by atoms with E-state index in [0.29, 0.717) is 12.8 Å². The van der Waals surface area contributed by atoms with E-state index in [1.807, 2.05) is 27.7 Å². The SMILES string of the molecule is CC(=O)OC(C)(C)/C=C/C(=O)C(C)(O)C1C(O)CC2(C)[C@@H]3CC=C4C(CC(O)C(O)C4(C)C)C3(C)C(=O)C[C@]12C. The lowest BCUT2D eigenvalue weighted by Crippen LogP contribution is -2.65. The summed E-state index contributed by atoms with van der Waals surface area (Å²) in [5.74, 6) is -2.48. The summed E-state index contributed by atoms with van der Waals surface area (Å²) in [5.41, 5.74) is -5.04. The average Bonchev–Trinajstić information content (AvgIpc) is 3.01. The molecule has 8 nitrogen and oxygen atoms in total. The van der Waals surface area contributed by atoms with Crippen LogP contribution >= 0.6 is 0 Å². The number of hydrogen-bond acceptors (Lipinski definition) is 8. The van der Waals surface area contributed by atoms with Crippen LogP contribution in [0.5, 0.6) is 0 Å². The van der Waals surface area contributed by atoms with Crippen LogP contribution in [-0.2, 0) is 19.1 Å². The third kappa shape index (κ3) is 4.19. The molecule has 0 aromatic carbocycles. The van der Waals surface area contributed by atoms with Crippen molar-refractivity contribution >= 4 is 17.5 Å². The lowest BCUT2D eigenvalue weighted by Gasteiger charge is -2.65. The summed E-state index contributed by atoms with van der Waals surface area (Å²) in [7, 11) is 0. The van der Waals surface area contributed by atoms with Gasteiger partial charge in [0.25, 0.3) is 0 Å². The van der Waals surface area contributed by atoms with Crippen molar-refractivity contribution in [1.82, 2.24) is 0 Å². The van der Waals surface area contributed by atoms with Crippen LogP contribution in [0.4, 0.5) is 0 Å². The van der Waals surface area contributed by atoms with Gasteiger partial charge in [-0.2, -0.15) is 0 Å². The van der Waals surface area contributed by atoms with Gasteiger partial charge in [-0.3, -0.25) is 14.4 Å². The predicted octanol–water partition coefficient (Wildman–Crippen LogP) is 3.29. The molecule has 10 atom stereocenters. The first-order valence-electron chi connectivity index (χ1n) is 14.5. The van der Waals surface area contributed by atoms with Crippen molar-refractivity contribution in [3.05, 3.63) is 23.8 Å². The highest BCUT2D eigenvalue weighted by atomic mass is 16.6. The third-order valence-corrected chi connectivity index (χ3v) is 11.8. The molecule has 0 amide bonds. The van der Waals surface area contributed by atoms with Crippen molar-refractivity contribution in [2.45, 2.75) is 118 Å². The van der Waals surface area contributed by atoms with Crippen LogP contribution in [0.1, 0.15) is 88.0 Å². The van der Waals surface area contributed by atoms with Gasteiger partial charge in [0, 0.05) is 30.1 Å². The lowest BCUT2D eigenvalue weighted by atomic mass is 9.38. The highest BCUT2D eigenvalue weighted by Crippen LogP contribution is 2.74. The molecule has 3 fully saturated rings. The second-order valence-corrected chi connectivity index (χ2v) is 15.0. The van der Waals surface area contributed by atoms with Gasteiger partial charge in [-0.15, -0.1) is 0 Å². The molecular weight excluding hydrogens is 512 g/mol. The summed E-state index contributed by atoms with van der Waals surface area (Å²) in [6.07, 6.45) is 3.10. The van der Waals surface area contributed by atoms with Gasteiger partial charge >= 0.3 is 5.97 Å². The van der Waals surface area contributed by atoms with E-state index in [9.17, 15) is 34.8 Å². The number of aliphatic hydroxyl groups is 4. The van der Waals surface area contributed by atoms with E-state index in [1.54, 1.807) is 13.8 Å². The fourth-order valence-electron chi connectivity index (χ4n) is 9.55. The first-order chi connectivity index (χ1) is 18.1. The van der Waals surface area contributed by atoms with Gasteiger partial charge in [-0.25, -0.2) is 0 Å². The van der Waals surface area contributed by atoms with Crippen LogP contribution < -0.4 is 0 Å². The largest absolute Gasteiger partial charge is 0.456 e. The van der Waals surface area contributed by atoms with Gasteiger partial charge in [0.2, 0.25) is 0 Å². The van der Waals surface area contributed by atoms with E-state index in [0.717, 1.165) is 5.57 Å². The topological polar surface area (TPSA) is 141 Å². The number of carbonyl (C=O) groups is 3. The summed E-state index contributed by atoms with van der Waals surface area (Å²) in [5, 5.41) is 44.9. The summed E-state index contributed by atoms with van der Waals surface area (Å²) in [6, 6.07) is 0. The van der Waals surface area contributed by atoms with Gasteiger partial charge in [0.15, 0.2) is 5.78 Å². The van der Waals surface area contributed by atoms with Crippen LogP contribution in [0.3, 0.4) is 0 Å². The number of ether oxygens (including phenoxy) is 1. The minimum Gasteiger partial charge on any atom is -0.456 e. The molecule has 0 spiro atoms. The molecule has 0 aromatic heterocycles. The minimum atomic E-state index is -1.98.